The van der Waals surface area contributed by atoms with Crippen LogP contribution in [0.1, 0.15) is 51.6 Å². The van der Waals surface area contributed by atoms with Crippen LogP contribution in [-0.4, -0.2) is 30.6 Å². The summed E-state index contributed by atoms with van der Waals surface area (Å²) in [6, 6.07) is 7.60. The van der Waals surface area contributed by atoms with Gasteiger partial charge in [0.05, 0.1) is 0 Å². The molecule has 0 aromatic heterocycles. The fourth-order valence-corrected chi connectivity index (χ4v) is 3.40. The molecule has 0 bridgehead atoms. The van der Waals surface area contributed by atoms with E-state index in [2.05, 4.69) is 31.0 Å². The average Bonchev–Trinajstić information content (AvgIpc) is 2.48. The molecule has 21 heavy (non-hydrogen) atoms. The van der Waals surface area contributed by atoms with Crippen LogP contribution < -0.4 is 5.32 Å². The van der Waals surface area contributed by atoms with Crippen molar-refractivity contribution in [3.05, 3.63) is 35.6 Å². The Morgan fingerprint density at radius 2 is 2.00 bits per heavy atom. The molecule has 1 saturated heterocycles. The van der Waals surface area contributed by atoms with Crippen molar-refractivity contribution >= 4 is 0 Å². The van der Waals surface area contributed by atoms with Crippen LogP contribution in [0.3, 0.4) is 0 Å². The van der Waals surface area contributed by atoms with Crippen LogP contribution in [0.15, 0.2) is 24.3 Å². The lowest BCUT2D eigenvalue weighted by Crippen LogP contribution is -2.45. The van der Waals surface area contributed by atoms with E-state index in [-0.39, 0.29) is 11.9 Å². The smallest absolute Gasteiger partial charge is 0.123 e. The molecule has 3 heteroatoms. The summed E-state index contributed by atoms with van der Waals surface area (Å²) in [6.07, 6.45) is 3.85. The average molecular weight is 292 g/mol. The summed E-state index contributed by atoms with van der Waals surface area (Å²) in [5.41, 5.74) is 1.16. The van der Waals surface area contributed by atoms with E-state index in [1.165, 1.54) is 38.9 Å². The summed E-state index contributed by atoms with van der Waals surface area (Å²) in [7, 11) is 0. The standard InChI is InChI=1S/C18H29FN2/c1-4-11-21-12-5-6-17(13-21)15(3)20-14(2)16-7-9-18(19)10-8-16/h7-10,14-15,17,20H,4-6,11-13H2,1-3H3/t14-,15?,17?/m0/s1. The minimum atomic E-state index is -0.165. The molecular formula is C18H29FN2. The molecule has 1 N–H and O–H groups in total. The van der Waals surface area contributed by atoms with Crippen LogP contribution in [0.25, 0.3) is 0 Å². The summed E-state index contributed by atoms with van der Waals surface area (Å²) in [4.78, 5) is 2.59. The van der Waals surface area contributed by atoms with Crippen molar-refractivity contribution in [1.29, 1.82) is 0 Å². The Balaban J connectivity index is 1.88. The lowest BCUT2D eigenvalue weighted by molar-refractivity contribution is 0.147. The fourth-order valence-electron chi connectivity index (χ4n) is 3.40. The SMILES string of the molecule is CCCN1CCCC(C(C)N[C@@H](C)c2ccc(F)cc2)C1. The zero-order valence-electron chi connectivity index (χ0n) is 13.6. The van der Waals surface area contributed by atoms with Gasteiger partial charge in [-0.15, -0.1) is 0 Å². The zero-order chi connectivity index (χ0) is 15.2. The number of halogens is 1. The van der Waals surface area contributed by atoms with Gasteiger partial charge in [-0.1, -0.05) is 19.1 Å². The lowest BCUT2D eigenvalue weighted by atomic mass is 9.90. The van der Waals surface area contributed by atoms with Crippen LogP contribution in [0.5, 0.6) is 0 Å². The topological polar surface area (TPSA) is 15.3 Å². The summed E-state index contributed by atoms with van der Waals surface area (Å²) in [6.45, 7) is 10.4. The van der Waals surface area contributed by atoms with Crippen molar-refractivity contribution in [3.63, 3.8) is 0 Å². The normalized spacial score (nSPS) is 23.0. The van der Waals surface area contributed by atoms with Gasteiger partial charge in [0.2, 0.25) is 0 Å². The number of likely N-dealkylation sites (tertiary alicyclic amines) is 1. The molecule has 1 fully saturated rings. The molecular weight excluding hydrogens is 263 g/mol. The number of hydrogen-bond donors (Lipinski definition) is 1. The summed E-state index contributed by atoms with van der Waals surface area (Å²) >= 11 is 0. The molecule has 3 atom stereocenters. The highest BCUT2D eigenvalue weighted by Crippen LogP contribution is 2.22. The molecule has 0 amide bonds. The molecule has 2 nitrogen and oxygen atoms in total. The monoisotopic (exact) mass is 292 g/mol. The Labute approximate surface area is 128 Å². The molecule has 0 saturated carbocycles. The van der Waals surface area contributed by atoms with Gasteiger partial charge >= 0.3 is 0 Å². The molecule has 2 rings (SSSR count). The van der Waals surface area contributed by atoms with E-state index in [9.17, 15) is 4.39 Å². The van der Waals surface area contributed by atoms with Crippen LogP contribution in [0.2, 0.25) is 0 Å². The number of rotatable bonds is 6. The summed E-state index contributed by atoms with van der Waals surface area (Å²) in [5.74, 6) is 0.551. The number of hydrogen-bond acceptors (Lipinski definition) is 2. The van der Waals surface area contributed by atoms with E-state index in [4.69, 9.17) is 0 Å². The van der Waals surface area contributed by atoms with Crippen molar-refractivity contribution in [2.75, 3.05) is 19.6 Å². The van der Waals surface area contributed by atoms with Crippen molar-refractivity contribution < 1.29 is 4.39 Å². The first-order valence-electron chi connectivity index (χ1n) is 8.34. The first-order chi connectivity index (χ1) is 10.1. The number of nitrogens with one attached hydrogen (secondary N) is 1. The second kappa shape index (κ2) is 7.90. The molecule has 1 heterocycles. The second-order valence-corrected chi connectivity index (χ2v) is 6.43. The van der Waals surface area contributed by atoms with Gasteiger partial charge in [-0.2, -0.15) is 0 Å². The van der Waals surface area contributed by atoms with Gasteiger partial charge < -0.3 is 10.2 Å². The number of nitrogens with zero attached hydrogens (tertiary/aromatic N) is 1. The molecule has 1 aliphatic rings. The van der Waals surface area contributed by atoms with E-state index in [0.717, 1.165) is 5.56 Å². The van der Waals surface area contributed by atoms with Gasteiger partial charge in [0.25, 0.3) is 0 Å². The van der Waals surface area contributed by atoms with Crippen molar-refractivity contribution in [2.24, 2.45) is 5.92 Å². The molecule has 2 unspecified atom stereocenters. The van der Waals surface area contributed by atoms with Crippen LogP contribution in [0.4, 0.5) is 4.39 Å². The van der Waals surface area contributed by atoms with Gasteiger partial charge in [0, 0.05) is 18.6 Å². The number of benzene rings is 1. The Hall–Kier alpha value is -0.930. The van der Waals surface area contributed by atoms with E-state index in [1.807, 2.05) is 12.1 Å². The van der Waals surface area contributed by atoms with E-state index >= 15 is 0 Å². The highest BCUT2D eigenvalue weighted by molar-refractivity contribution is 5.19. The third kappa shape index (κ3) is 4.79. The predicted octanol–water partition coefficient (Wildman–Crippen LogP) is 3.99. The van der Waals surface area contributed by atoms with Gasteiger partial charge in [-0.3, -0.25) is 0 Å². The van der Waals surface area contributed by atoms with E-state index in [0.29, 0.717) is 12.0 Å². The van der Waals surface area contributed by atoms with Crippen LogP contribution in [-0.2, 0) is 0 Å². The molecule has 0 spiro atoms. The van der Waals surface area contributed by atoms with Crippen molar-refractivity contribution in [3.8, 4) is 0 Å². The molecule has 1 aromatic rings. The largest absolute Gasteiger partial charge is 0.307 e. The van der Waals surface area contributed by atoms with Gasteiger partial charge in [-0.05, 0) is 69.8 Å². The van der Waals surface area contributed by atoms with Crippen LogP contribution >= 0.6 is 0 Å². The Morgan fingerprint density at radius 1 is 1.29 bits per heavy atom. The predicted molar refractivity (Wildman–Crippen MR) is 86.9 cm³/mol. The van der Waals surface area contributed by atoms with Crippen molar-refractivity contribution in [2.45, 2.75) is 52.1 Å². The number of piperidine rings is 1. The molecule has 1 aromatic carbocycles. The minimum Gasteiger partial charge on any atom is -0.307 e. The Kier molecular flexibility index (Phi) is 6.19. The minimum absolute atomic E-state index is 0.165. The third-order valence-electron chi connectivity index (χ3n) is 4.67. The second-order valence-electron chi connectivity index (χ2n) is 6.43. The first-order valence-corrected chi connectivity index (χ1v) is 8.34. The third-order valence-corrected chi connectivity index (χ3v) is 4.67. The Morgan fingerprint density at radius 3 is 2.67 bits per heavy atom. The van der Waals surface area contributed by atoms with Gasteiger partial charge in [0.15, 0.2) is 0 Å². The van der Waals surface area contributed by atoms with Crippen LogP contribution in [0, 0.1) is 11.7 Å². The maximum absolute atomic E-state index is 13.0. The fraction of sp³-hybridized carbons (Fsp3) is 0.667. The highest BCUT2D eigenvalue weighted by Gasteiger charge is 2.25. The molecule has 0 aliphatic carbocycles. The maximum atomic E-state index is 13.0. The van der Waals surface area contributed by atoms with Crippen molar-refractivity contribution in [1.82, 2.24) is 10.2 Å². The lowest BCUT2D eigenvalue weighted by Gasteiger charge is -2.37. The van der Waals surface area contributed by atoms with Gasteiger partial charge in [0.1, 0.15) is 5.82 Å². The van der Waals surface area contributed by atoms with E-state index in [1.54, 1.807) is 12.1 Å². The summed E-state index contributed by atoms with van der Waals surface area (Å²) < 4.78 is 13.0. The first kappa shape index (κ1) is 16.4. The molecule has 118 valence electrons. The quantitative estimate of drug-likeness (QED) is 0.853. The Bertz CT molecular complexity index is 416. The van der Waals surface area contributed by atoms with E-state index < -0.39 is 0 Å². The molecule has 0 radical (unpaired) electrons. The summed E-state index contributed by atoms with van der Waals surface area (Å²) in [5, 5.41) is 3.70. The zero-order valence-corrected chi connectivity index (χ0v) is 13.6. The molecule has 1 aliphatic heterocycles. The van der Waals surface area contributed by atoms with Gasteiger partial charge in [-0.25, -0.2) is 4.39 Å². The maximum Gasteiger partial charge on any atom is 0.123 e. The highest BCUT2D eigenvalue weighted by atomic mass is 19.1.